The minimum Gasteiger partial charge on any atom is -0.379 e. The van der Waals surface area contributed by atoms with Crippen molar-refractivity contribution in [3.8, 4) is 0 Å². The normalized spacial score (nSPS) is 15.7. The summed E-state index contributed by atoms with van der Waals surface area (Å²) in [5, 5.41) is 2.87. The fourth-order valence-electron chi connectivity index (χ4n) is 3.21. The molecule has 2 aromatic carbocycles. The molecular formula is C22H26N2O4S. The van der Waals surface area contributed by atoms with Crippen molar-refractivity contribution in [3.05, 3.63) is 53.6 Å². The molecule has 1 heterocycles. The van der Waals surface area contributed by atoms with E-state index in [-0.39, 0.29) is 17.9 Å². The Morgan fingerprint density at radius 1 is 1.17 bits per heavy atom. The van der Waals surface area contributed by atoms with E-state index in [1.165, 1.54) is 0 Å². The van der Waals surface area contributed by atoms with Crippen molar-refractivity contribution in [2.45, 2.75) is 43.1 Å². The van der Waals surface area contributed by atoms with Crippen molar-refractivity contribution in [1.82, 2.24) is 5.32 Å². The van der Waals surface area contributed by atoms with Gasteiger partial charge in [-0.05, 0) is 57.5 Å². The number of carbonyl (C=O) groups excluding carboxylic acids is 2. The standard InChI is InChI=1S/C22H26N2O4S/c1-4-24-18-14-16(21(25)23-12-7-13-28-15(2)3)10-11-20(18)29(27)19-9-6-5-8-17(19)22(24)26/h5-6,8-11,14-15H,4,7,12-13H2,1-3H3,(H,23,25). The highest BCUT2D eigenvalue weighted by atomic mass is 32.2. The first kappa shape index (κ1) is 21.2. The molecule has 3 rings (SSSR count). The van der Waals surface area contributed by atoms with Crippen LogP contribution >= 0.6 is 0 Å². The summed E-state index contributed by atoms with van der Waals surface area (Å²) in [4.78, 5) is 28.2. The van der Waals surface area contributed by atoms with Gasteiger partial charge in [0, 0.05) is 25.3 Å². The highest BCUT2D eigenvalue weighted by Crippen LogP contribution is 2.34. The maximum absolute atomic E-state index is 13.1. The lowest BCUT2D eigenvalue weighted by atomic mass is 10.1. The highest BCUT2D eigenvalue weighted by molar-refractivity contribution is 7.85. The van der Waals surface area contributed by atoms with Gasteiger partial charge in [0.2, 0.25) is 0 Å². The summed E-state index contributed by atoms with van der Waals surface area (Å²) in [6.45, 7) is 7.29. The zero-order valence-corrected chi connectivity index (χ0v) is 17.8. The topological polar surface area (TPSA) is 75.7 Å². The van der Waals surface area contributed by atoms with E-state index in [1.807, 2.05) is 20.8 Å². The molecule has 0 saturated carbocycles. The third-order valence-corrected chi connectivity index (χ3v) is 6.15. The van der Waals surface area contributed by atoms with Gasteiger partial charge in [-0.15, -0.1) is 0 Å². The number of fused-ring (bicyclic) bond motifs is 2. The Hall–Kier alpha value is -2.51. The Balaban J connectivity index is 1.84. The van der Waals surface area contributed by atoms with Crippen LogP contribution in [0.2, 0.25) is 0 Å². The molecule has 0 aliphatic carbocycles. The average Bonchev–Trinajstić information content (AvgIpc) is 2.81. The molecule has 2 aromatic rings. The van der Waals surface area contributed by atoms with E-state index >= 15 is 0 Å². The SMILES string of the molecule is CCN1C(=O)c2ccccc2S(=O)c2ccc(C(=O)NCCCOC(C)C)cc21. The largest absolute Gasteiger partial charge is 0.379 e. The number of amides is 2. The van der Waals surface area contributed by atoms with Crippen LogP contribution in [0.25, 0.3) is 0 Å². The summed E-state index contributed by atoms with van der Waals surface area (Å²) in [6.07, 6.45) is 0.881. The predicted octanol–water partition coefficient (Wildman–Crippen LogP) is 3.38. The van der Waals surface area contributed by atoms with E-state index in [0.29, 0.717) is 52.7 Å². The van der Waals surface area contributed by atoms with Gasteiger partial charge in [0.05, 0.1) is 37.9 Å². The first-order valence-electron chi connectivity index (χ1n) is 9.80. The highest BCUT2D eigenvalue weighted by Gasteiger charge is 2.30. The molecule has 0 fully saturated rings. The molecule has 1 atom stereocenters. The summed E-state index contributed by atoms with van der Waals surface area (Å²) in [5.41, 5.74) is 1.38. The Labute approximate surface area is 173 Å². The van der Waals surface area contributed by atoms with E-state index in [0.717, 1.165) is 0 Å². The Bertz CT molecular complexity index is 942. The number of benzene rings is 2. The molecule has 1 unspecified atom stereocenters. The van der Waals surface area contributed by atoms with E-state index in [9.17, 15) is 13.8 Å². The zero-order chi connectivity index (χ0) is 21.0. The Morgan fingerprint density at radius 3 is 2.66 bits per heavy atom. The summed E-state index contributed by atoms with van der Waals surface area (Å²) in [7, 11) is -1.50. The summed E-state index contributed by atoms with van der Waals surface area (Å²) < 4.78 is 18.6. The molecule has 1 aliphatic heterocycles. The lowest BCUT2D eigenvalue weighted by molar-refractivity contribution is 0.0757. The molecule has 29 heavy (non-hydrogen) atoms. The molecule has 0 saturated heterocycles. The second kappa shape index (κ2) is 9.33. The fourth-order valence-corrected chi connectivity index (χ4v) is 4.56. The zero-order valence-electron chi connectivity index (χ0n) is 16.9. The Kier molecular flexibility index (Phi) is 6.82. The van der Waals surface area contributed by atoms with Gasteiger partial charge in [-0.25, -0.2) is 4.21 Å². The fraction of sp³-hybridized carbons (Fsp3) is 0.364. The van der Waals surface area contributed by atoms with Crippen LogP contribution in [0.5, 0.6) is 0 Å². The van der Waals surface area contributed by atoms with E-state index in [1.54, 1.807) is 47.4 Å². The number of nitrogens with one attached hydrogen (secondary N) is 1. The van der Waals surface area contributed by atoms with Gasteiger partial charge in [-0.2, -0.15) is 0 Å². The maximum atomic E-state index is 13.1. The third kappa shape index (κ3) is 4.57. The van der Waals surface area contributed by atoms with Crippen LogP contribution in [0.15, 0.2) is 52.3 Å². The molecule has 154 valence electrons. The second-order valence-electron chi connectivity index (χ2n) is 7.03. The minimum atomic E-state index is -1.50. The Morgan fingerprint density at radius 2 is 1.93 bits per heavy atom. The molecule has 0 aromatic heterocycles. The van der Waals surface area contributed by atoms with Gasteiger partial charge in [0.25, 0.3) is 11.8 Å². The number of hydrogen-bond donors (Lipinski definition) is 1. The van der Waals surface area contributed by atoms with E-state index in [4.69, 9.17) is 4.74 Å². The van der Waals surface area contributed by atoms with Gasteiger partial charge >= 0.3 is 0 Å². The number of rotatable bonds is 7. The minimum absolute atomic E-state index is 0.165. The van der Waals surface area contributed by atoms with Gasteiger partial charge < -0.3 is 15.0 Å². The number of hydrogen-bond acceptors (Lipinski definition) is 4. The van der Waals surface area contributed by atoms with Crippen LogP contribution in [-0.2, 0) is 15.5 Å². The molecule has 6 nitrogen and oxygen atoms in total. The predicted molar refractivity (Wildman–Crippen MR) is 113 cm³/mol. The van der Waals surface area contributed by atoms with Gasteiger partial charge in [0.15, 0.2) is 0 Å². The number of anilines is 1. The third-order valence-electron chi connectivity index (χ3n) is 4.65. The van der Waals surface area contributed by atoms with Gasteiger partial charge in [-0.3, -0.25) is 9.59 Å². The second-order valence-corrected chi connectivity index (χ2v) is 8.44. The number of carbonyl (C=O) groups is 2. The summed E-state index contributed by atoms with van der Waals surface area (Å²) in [5.74, 6) is -0.438. The van der Waals surface area contributed by atoms with Gasteiger partial charge in [0.1, 0.15) is 0 Å². The van der Waals surface area contributed by atoms with Crippen molar-refractivity contribution < 1.29 is 18.5 Å². The van der Waals surface area contributed by atoms with E-state index in [2.05, 4.69) is 5.32 Å². The van der Waals surface area contributed by atoms with Crippen LogP contribution in [0.3, 0.4) is 0 Å². The number of nitrogens with zero attached hydrogens (tertiary/aromatic N) is 1. The average molecular weight is 415 g/mol. The maximum Gasteiger partial charge on any atom is 0.259 e. The van der Waals surface area contributed by atoms with Crippen LogP contribution in [0, 0.1) is 0 Å². The first-order valence-corrected chi connectivity index (χ1v) is 11.0. The van der Waals surface area contributed by atoms with Crippen molar-refractivity contribution >= 4 is 28.3 Å². The summed E-state index contributed by atoms with van der Waals surface area (Å²) >= 11 is 0. The van der Waals surface area contributed by atoms with Crippen molar-refractivity contribution in [2.24, 2.45) is 0 Å². The molecule has 1 N–H and O–H groups in total. The smallest absolute Gasteiger partial charge is 0.259 e. The van der Waals surface area contributed by atoms with Crippen LogP contribution < -0.4 is 10.2 Å². The van der Waals surface area contributed by atoms with Crippen LogP contribution in [0.1, 0.15) is 47.9 Å². The monoisotopic (exact) mass is 414 g/mol. The molecule has 0 radical (unpaired) electrons. The van der Waals surface area contributed by atoms with E-state index < -0.39 is 10.8 Å². The summed E-state index contributed by atoms with van der Waals surface area (Å²) in [6, 6.07) is 11.9. The van der Waals surface area contributed by atoms with Crippen LogP contribution in [-0.4, -0.2) is 41.8 Å². The first-order chi connectivity index (χ1) is 13.9. The van der Waals surface area contributed by atoms with Crippen molar-refractivity contribution in [2.75, 3.05) is 24.6 Å². The molecule has 1 aliphatic rings. The molecule has 0 bridgehead atoms. The van der Waals surface area contributed by atoms with Gasteiger partial charge in [-0.1, -0.05) is 12.1 Å². The molecular weight excluding hydrogens is 388 g/mol. The van der Waals surface area contributed by atoms with Crippen molar-refractivity contribution in [3.63, 3.8) is 0 Å². The lowest BCUT2D eigenvalue weighted by Crippen LogP contribution is -2.31. The molecule has 2 amide bonds. The van der Waals surface area contributed by atoms with Crippen LogP contribution in [0.4, 0.5) is 5.69 Å². The quantitative estimate of drug-likeness (QED) is 0.705. The molecule has 7 heteroatoms. The lowest BCUT2D eigenvalue weighted by Gasteiger charge is -2.21. The molecule has 0 spiro atoms. The number of ether oxygens (including phenoxy) is 1. The van der Waals surface area contributed by atoms with Crippen molar-refractivity contribution in [1.29, 1.82) is 0 Å².